The van der Waals surface area contributed by atoms with Gasteiger partial charge in [-0.1, -0.05) is 11.3 Å². The van der Waals surface area contributed by atoms with Gasteiger partial charge in [0.1, 0.15) is 11.5 Å². The van der Waals surface area contributed by atoms with E-state index in [0.29, 0.717) is 10.7 Å². The van der Waals surface area contributed by atoms with Crippen molar-refractivity contribution in [1.82, 2.24) is 4.98 Å². The van der Waals surface area contributed by atoms with E-state index in [-0.39, 0.29) is 27.1 Å². The van der Waals surface area contributed by atoms with Crippen molar-refractivity contribution in [2.75, 3.05) is 19.5 Å². The van der Waals surface area contributed by atoms with Crippen molar-refractivity contribution in [2.24, 2.45) is 0 Å². The zero-order chi connectivity index (χ0) is 24.7. The van der Waals surface area contributed by atoms with Crippen LogP contribution in [0.5, 0.6) is 11.5 Å². The maximum absolute atomic E-state index is 12.6. The standard InChI is InChI=1S/C22H17IN2O3S.ClHO4/c1-27-17-9-7-16(8-10-17)23-15-5-3-14(4-6-15)21(26)25-22-24-19-12-11-18(28-2)13-20(19)29-22;2-1(3,4)5/h3-13H,1-2H3;(H,2,3,4,5). The van der Waals surface area contributed by atoms with Gasteiger partial charge in [0.2, 0.25) is 0 Å². The Balaban J connectivity index is 0.000000588. The largest absolute Gasteiger partial charge is 0.497 e. The number of fused-ring (bicyclic) bond motifs is 1. The Morgan fingerprint density at radius 1 is 0.882 bits per heavy atom. The number of amides is 1. The van der Waals surface area contributed by atoms with Gasteiger partial charge >= 0.3 is 21.2 Å². The van der Waals surface area contributed by atoms with Crippen molar-refractivity contribution < 1.29 is 64.4 Å². The van der Waals surface area contributed by atoms with E-state index in [2.05, 4.69) is 22.4 Å². The molecule has 1 amide bonds. The van der Waals surface area contributed by atoms with Gasteiger partial charge in [0, 0.05) is 5.56 Å². The van der Waals surface area contributed by atoms with Crippen LogP contribution in [0.15, 0.2) is 66.7 Å². The lowest BCUT2D eigenvalue weighted by Crippen LogP contribution is -3.61. The van der Waals surface area contributed by atoms with Gasteiger partial charge in [0.05, 0.1) is 24.4 Å². The summed E-state index contributed by atoms with van der Waals surface area (Å²) in [5.41, 5.74) is 1.45. The summed E-state index contributed by atoms with van der Waals surface area (Å²) in [5.74, 6) is 1.47. The first-order valence-electron chi connectivity index (χ1n) is 9.41. The van der Waals surface area contributed by atoms with Crippen LogP contribution in [-0.4, -0.2) is 25.1 Å². The van der Waals surface area contributed by atoms with Crippen LogP contribution in [0, 0.1) is 17.4 Å². The number of anilines is 1. The first-order valence-corrected chi connectivity index (χ1v) is 13.6. The highest BCUT2D eigenvalue weighted by Crippen LogP contribution is 2.29. The smallest absolute Gasteiger partial charge is 0.357 e. The molecule has 1 heterocycles. The summed E-state index contributed by atoms with van der Waals surface area (Å²) in [6.07, 6.45) is 0. The number of hydrogen-bond donors (Lipinski definition) is 1. The molecule has 34 heavy (non-hydrogen) atoms. The number of aromatic nitrogens is 1. The summed E-state index contributed by atoms with van der Waals surface area (Å²) in [7, 11) is -1.65. The summed E-state index contributed by atoms with van der Waals surface area (Å²) in [4.78, 5) is 17.0. The molecule has 0 radical (unpaired) electrons. The molecule has 4 rings (SSSR count). The van der Waals surface area contributed by atoms with Crippen LogP contribution in [0.25, 0.3) is 10.2 Å². The van der Waals surface area contributed by atoms with Gasteiger partial charge in [0.25, 0.3) is 5.91 Å². The molecule has 3 aromatic carbocycles. The number of methoxy groups -OCH3 is 2. The number of hydrogen-bond acceptors (Lipinski definition) is 9. The highest BCUT2D eigenvalue weighted by atomic mass is 127. The number of nitrogens with zero attached hydrogens (tertiary/aromatic N) is 1. The number of rotatable bonds is 6. The van der Waals surface area contributed by atoms with Gasteiger partial charge < -0.3 is 9.47 Å². The van der Waals surface area contributed by atoms with E-state index in [4.69, 9.17) is 28.1 Å². The third kappa shape index (κ3) is 8.06. The van der Waals surface area contributed by atoms with Crippen molar-refractivity contribution in [3.05, 3.63) is 79.4 Å². The van der Waals surface area contributed by atoms with Crippen molar-refractivity contribution in [2.45, 2.75) is 0 Å². The average molecular weight is 617 g/mol. The van der Waals surface area contributed by atoms with E-state index >= 15 is 0 Å². The molecule has 0 saturated carbocycles. The van der Waals surface area contributed by atoms with Gasteiger partial charge in [-0.2, -0.15) is 0 Å². The normalized spacial score (nSPS) is 10.9. The van der Waals surface area contributed by atoms with Gasteiger partial charge in [-0.15, -0.1) is 10.2 Å². The summed E-state index contributed by atoms with van der Waals surface area (Å²) >= 11 is 1.13. The SMILES string of the molecule is COc1ccc([I+]c2ccc(C(=O)Nc3nc4ccc(OC)cc4s3)cc2)cc1.[O-][Cl+3]([O-])([O-])[O-]. The van der Waals surface area contributed by atoms with Crippen molar-refractivity contribution >= 4 is 32.6 Å². The molecule has 0 fully saturated rings. The predicted octanol–water partition coefficient (Wildman–Crippen LogP) is -3.06. The molecule has 0 aliphatic carbocycles. The third-order valence-electron chi connectivity index (χ3n) is 4.19. The molecule has 0 atom stereocenters. The van der Waals surface area contributed by atoms with Gasteiger partial charge in [-0.3, -0.25) is 10.1 Å². The topological polar surface area (TPSA) is 153 Å². The molecule has 9 nitrogen and oxygen atoms in total. The van der Waals surface area contributed by atoms with Gasteiger partial charge in [-0.05, 0) is 66.7 Å². The second-order valence-electron chi connectivity index (χ2n) is 6.44. The summed E-state index contributed by atoms with van der Waals surface area (Å²) in [5, 5.41) is 3.47. The number of benzene rings is 3. The van der Waals surface area contributed by atoms with Crippen LogP contribution in [-0.2, 0) is 0 Å². The van der Waals surface area contributed by atoms with E-state index in [1.807, 2.05) is 54.6 Å². The number of nitrogens with one attached hydrogen (secondary N) is 1. The van der Waals surface area contributed by atoms with Gasteiger partial charge in [0.15, 0.2) is 12.3 Å². The fourth-order valence-electron chi connectivity index (χ4n) is 2.68. The van der Waals surface area contributed by atoms with Crippen LogP contribution in [0.3, 0.4) is 0 Å². The lowest BCUT2D eigenvalue weighted by molar-refractivity contribution is -2.00. The highest BCUT2D eigenvalue weighted by Gasteiger charge is 2.17. The minimum Gasteiger partial charge on any atom is -0.497 e. The molecule has 0 spiro atoms. The Labute approximate surface area is 211 Å². The summed E-state index contributed by atoms with van der Waals surface area (Å²) in [6, 6.07) is 21.6. The molecule has 1 aromatic heterocycles. The molecule has 1 N–H and O–H groups in total. The molecule has 0 aliphatic rings. The number of halogens is 2. The summed E-state index contributed by atoms with van der Waals surface area (Å²) in [6.45, 7) is 0. The average Bonchev–Trinajstić information content (AvgIpc) is 3.20. The molecule has 12 heteroatoms. The first-order chi connectivity index (χ1) is 16.1. The fourth-order valence-corrected chi connectivity index (χ4v) is 5.73. The lowest BCUT2D eigenvalue weighted by Gasteiger charge is -2.17. The Bertz CT molecular complexity index is 1240. The van der Waals surface area contributed by atoms with Crippen molar-refractivity contribution in [3.63, 3.8) is 0 Å². The molecular formula is C22H18ClIN2O7S. The van der Waals surface area contributed by atoms with E-state index in [0.717, 1.165) is 21.7 Å². The Kier molecular flexibility index (Phi) is 9.02. The molecule has 4 aromatic rings. The van der Waals surface area contributed by atoms with Crippen LogP contribution >= 0.6 is 11.3 Å². The Morgan fingerprint density at radius 2 is 1.41 bits per heavy atom. The van der Waals surface area contributed by atoms with E-state index in [9.17, 15) is 4.79 Å². The number of carbonyl (C=O) groups is 1. The molecule has 0 bridgehead atoms. The van der Waals surface area contributed by atoms with Crippen molar-refractivity contribution in [1.29, 1.82) is 0 Å². The summed E-state index contributed by atoms with van der Waals surface area (Å²) < 4.78 is 47.9. The van der Waals surface area contributed by atoms with E-state index < -0.39 is 10.2 Å². The van der Waals surface area contributed by atoms with E-state index in [1.54, 1.807) is 14.2 Å². The number of carbonyl (C=O) groups excluding carboxylic acids is 1. The van der Waals surface area contributed by atoms with Crippen LogP contribution in [0.2, 0.25) is 0 Å². The number of ether oxygens (including phenoxy) is 2. The predicted molar refractivity (Wildman–Crippen MR) is 111 cm³/mol. The van der Waals surface area contributed by atoms with Gasteiger partial charge in [-0.25, -0.2) is 23.6 Å². The molecular weight excluding hydrogens is 599 g/mol. The zero-order valence-electron chi connectivity index (χ0n) is 17.8. The molecule has 0 aliphatic heterocycles. The zero-order valence-corrected chi connectivity index (χ0v) is 21.5. The van der Waals surface area contributed by atoms with Crippen LogP contribution < -0.4 is 54.6 Å². The maximum Gasteiger partial charge on any atom is 0.357 e. The molecule has 0 saturated heterocycles. The second kappa shape index (κ2) is 11.8. The number of thiazole rings is 1. The first kappa shape index (κ1) is 26.1. The Morgan fingerprint density at radius 3 is 1.97 bits per heavy atom. The monoisotopic (exact) mass is 616 g/mol. The third-order valence-corrected chi connectivity index (χ3v) is 7.81. The van der Waals surface area contributed by atoms with Crippen molar-refractivity contribution in [3.8, 4) is 11.5 Å². The van der Waals surface area contributed by atoms with E-state index in [1.165, 1.54) is 18.5 Å². The maximum atomic E-state index is 12.6. The molecule has 178 valence electrons. The minimum atomic E-state index is -4.94. The Hall–Kier alpha value is -2.52. The second-order valence-corrected chi connectivity index (χ2v) is 11.3. The fraction of sp³-hybridized carbons (Fsp3) is 0.0909. The lowest BCUT2D eigenvalue weighted by atomic mass is 10.2. The quantitative estimate of drug-likeness (QED) is 0.224. The van der Waals surface area contributed by atoms with Crippen LogP contribution in [0.1, 0.15) is 10.4 Å². The van der Waals surface area contributed by atoms with Crippen LogP contribution in [0.4, 0.5) is 5.13 Å². The molecule has 0 unspecified atom stereocenters. The highest BCUT2D eigenvalue weighted by molar-refractivity contribution is 7.22. The minimum absolute atomic E-state index is 0.162.